The summed E-state index contributed by atoms with van der Waals surface area (Å²) in [5.41, 5.74) is 1.00. The van der Waals surface area contributed by atoms with Gasteiger partial charge in [-0.05, 0) is 24.3 Å². The summed E-state index contributed by atoms with van der Waals surface area (Å²) in [5, 5.41) is 3.22. The molecule has 0 saturated heterocycles. The van der Waals surface area contributed by atoms with E-state index in [4.69, 9.17) is 9.15 Å². The van der Waals surface area contributed by atoms with Gasteiger partial charge in [0.25, 0.3) is 0 Å². The molecular weight excluding hydrogens is 190 g/mol. The second-order valence-electron chi connectivity index (χ2n) is 3.14. The Morgan fingerprint density at radius 2 is 1.93 bits per heavy atom. The van der Waals surface area contributed by atoms with Gasteiger partial charge in [-0.2, -0.15) is 0 Å². The van der Waals surface area contributed by atoms with Gasteiger partial charge in [0, 0.05) is 12.8 Å². The van der Waals surface area contributed by atoms with Crippen LogP contribution in [0.25, 0.3) is 0 Å². The largest absolute Gasteiger partial charge is 0.465 e. The highest BCUT2D eigenvalue weighted by Crippen LogP contribution is 2.19. The van der Waals surface area contributed by atoms with E-state index in [1.807, 2.05) is 42.5 Å². The zero-order chi connectivity index (χ0) is 10.5. The lowest BCUT2D eigenvalue weighted by molar-refractivity contribution is 0.107. The Hall–Kier alpha value is -1.74. The second kappa shape index (κ2) is 4.66. The molecule has 15 heavy (non-hydrogen) atoms. The van der Waals surface area contributed by atoms with E-state index in [0.717, 1.165) is 11.4 Å². The van der Waals surface area contributed by atoms with Gasteiger partial charge in [-0.1, -0.05) is 18.2 Å². The molecule has 0 aliphatic rings. The first kappa shape index (κ1) is 9.80. The summed E-state index contributed by atoms with van der Waals surface area (Å²) in [5.74, 6) is 0.765. The predicted octanol–water partition coefficient (Wildman–Crippen LogP) is 3.04. The van der Waals surface area contributed by atoms with Crippen molar-refractivity contribution >= 4 is 5.69 Å². The Kier molecular flexibility index (Phi) is 3.05. The molecule has 0 spiro atoms. The molecule has 0 radical (unpaired) electrons. The van der Waals surface area contributed by atoms with Crippen LogP contribution < -0.4 is 5.32 Å². The first-order valence-corrected chi connectivity index (χ1v) is 4.78. The van der Waals surface area contributed by atoms with Crippen LogP contribution in [0.3, 0.4) is 0 Å². The molecule has 2 rings (SSSR count). The standard InChI is InChI=1S/C12H13NO2/c1-14-12(11-8-5-9-15-11)13-10-6-3-2-4-7-10/h2-9,12-13H,1H3. The van der Waals surface area contributed by atoms with Crippen LogP contribution >= 0.6 is 0 Å². The van der Waals surface area contributed by atoms with E-state index >= 15 is 0 Å². The third kappa shape index (κ3) is 2.39. The lowest BCUT2D eigenvalue weighted by Crippen LogP contribution is -2.11. The average Bonchev–Trinajstić information content (AvgIpc) is 2.81. The molecule has 0 fully saturated rings. The number of para-hydroxylation sites is 1. The quantitative estimate of drug-likeness (QED) is 0.775. The van der Waals surface area contributed by atoms with Crippen LogP contribution in [-0.4, -0.2) is 7.11 Å². The normalized spacial score (nSPS) is 12.3. The Morgan fingerprint density at radius 1 is 1.13 bits per heavy atom. The summed E-state index contributed by atoms with van der Waals surface area (Å²) in [6.45, 7) is 0. The number of furan rings is 1. The van der Waals surface area contributed by atoms with Gasteiger partial charge in [0.1, 0.15) is 0 Å². The van der Waals surface area contributed by atoms with Crippen molar-refractivity contribution in [3.05, 3.63) is 54.5 Å². The summed E-state index contributed by atoms with van der Waals surface area (Å²) in [6, 6.07) is 13.6. The number of anilines is 1. The molecule has 2 aromatic rings. The van der Waals surface area contributed by atoms with Crippen molar-refractivity contribution < 1.29 is 9.15 Å². The number of nitrogens with one attached hydrogen (secondary N) is 1. The Balaban J connectivity index is 2.10. The molecule has 1 aromatic heterocycles. The summed E-state index contributed by atoms with van der Waals surface area (Å²) in [6.07, 6.45) is 1.39. The zero-order valence-corrected chi connectivity index (χ0v) is 8.51. The van der Waals surface area contributed by atoms with Gasteiger partial charge >= 0.3 is 0 Å². The second-order valence-corrected chi connectivity index (χ2v) is 3.14. The minimum Gasteiger partial charge on any atom is -0.465 e. The summed E-state index contributed by atoms with van der Waals surface area (Å²) >= 11 is 0. The molecule has 3 nitrogen and oxygen atoms in total. The van der Waals surface area contributed by atoms with Crippen LogP contribution in [0.1, 0.15) is 12.0 Å². The van der Waals surface area contributed by atoms with E-state index in [2.05, 4.69) is 5.32 Å². The summed E-state index contributed by atoms with van der Waals surface area (Å²) < 4.78 is 10.6. The highest BCUT2D eigenvalue weighted by molar-refractivity contribution is 5.43. The first-order valence-electron chi connectivity index (χ1n) is 4.78. The third-order valence-electron chi connectivity index (χ3n) is 2.11. The Labute approximate surface area is 88.7 Å². The van der Waals surface area contributed by atoms with Crippen LogP contribution in [0.4, 0.5) is 5.69 Å². The van der Waals surface area contributed by atoms with E-state index in [1.54, 1.807) is 13.4 Å². The average molecular weight is 203 g/mol. The number of ether oxygens (including phenoxy) is 1. The lowest BCUT2D eigenvalue weighted by atomic mass is 10.3. The maximum absolute atomic E-state index is 5.29. The van der Waals surface area contributed by atoms with Gasteiger partial charge < -0.3 is 14.5 Å². The first-order chi connectivity index (χ1) is 7.40. The fraction of sp³-hybridized carbons (Fsp3) is 0.167. The van der Waals surface area contributed by atoms with Crippen LogP contribution in [0.15, 0.2) is 53.1 Å². The molecule has 1 aromatic carbocycles. The van der Waals surface area contributed by atoms with Gasteiger partial charge in [0.2, 0.25) is 0 Å². The number of rotatable bonds is 4. The zero-order valence-electron chi connectivity index (χ0n) is 8.51. The van der Waals surface area contributed by atoms with Gasteiger partial charge in [-0.25, -0.2) is 0 Å². The summed E-state index contributed by atoms with van der Waals surface area (Å²) in [4.78, 5) is 0. The molecule has 0 saturated carbocycles. The molecule has 0 amide bonds. The molecule has 1 atom stereocenters. The van der Waals surface area contributed by atoms with Crippen LogP contribution in [0.5, 0.6) is 0 Å². The van der Waals surface area contributed by atoms with Crippen molar-refractivity contribution in [2.75, 3.05) is 12.4 Å². The van der Waals surface area contributed by atoms with Gasteiger partial charge in [-0.15, -0.1) is 0 Å². The minimum absolute atomic E-state index is 0.248. The molecule has 1 unspecified atom stereocenters. The van der Waals surface area contributed by atoms with Gasteiger partial charge in [0.15, 0.2) is 12.0 Å². The van der Waals surface area contributed by atoms with Crippen molar-refractivity contribution in [3.63, 3.8) is 0 Å². The molecule has 0 bridgehead atoms. The van der Waals surface area contributed by atoms with Crippen molar-refractivity contribution in [3.8, 4) is 0 Å². The molecule has 3 heteroatoms. The number of hydrogen-bond acceptors (Lipinski definition) is 3. The van der Waals surface area contributed by atoms with E-state index in [9.17, 15) is 0 Å². The molecule has 1 N–H and O–H groups in total. The Morgan fingerprint density at radius 3 is 2.53 bits per heavy atom. The maximum atomic E-state index is 5.29. The number of benzene rings is 1. The van der Waals surface area contributed by atoms with Crippen molar-refractivity contribution in [2.45, 2.75) is 6.23 Å². The minimum atomic E-state index is -0.248. The van der Waals surface area contributed by atoms with Crippen LogP contribution in [-0.2, 0) is 4.74 Å². The molecular formula is C12H13NO2. The van der Waals surface area contributed by atoms with E-state index in [-0.39, 0.29) is 6.23 Å². The SMILES string of the molecule is COC(Nc1ccccc1)c1ccco1. The summed E-state index contributed by atoms with van der Waals surface area (Å²) in [7, 11) is 1.64. The van der Waals surface area contributed by atoms with E-state index < -0.39 is 0 Å². The van der Waals surface area contributed by atoms with Crippen molar-refractivity contribution in [2.24, 2.45) is 0 Å². The highest BCUT2D eigenvalue weighted by atomic mass is 16.5. The fourth-order valence-electron chi connectivity index (χ4n) is 1.37. The van der Waals surface area contributed by atoms with Gasteiger partial charge in [0.05, 0.1) is 6.26 Å². The number of hydrogen-bond donors (Lipinski definition) is 1. The predicted molar refractivity (Wildman–Crippen MR) is 58.5 cm³/mol. The fourth-order valence-corrected chi connectivity index (χ4v) is 1.37. The monoisotopic (exact) mass is 203 g/mol. The van der Waals surface area contributed by atoms with E-state index in [0.29, 0.717) is 0 Å². The third-order valence-corrected chi connectivity index (χ3v) is 2.11. The van der Waals surface area contributed by atoms with Crippen LogP contribution in [0, 0.1) is 0 Å². The smallest absolute Gasteiger partial charge is 0.186 e. The maximum Gasteiger partial charge on any atom is 0.186 e. The Bertz CT molecular complexity index is 383. The number of methoxy groups -OCH3 is 1. The lowest BCUT2D eigenvalue weighted by Gasteiger charge is -2.15. The van der Waals surface area contributed by atoms with Gasteiger partial charge in [-0.3, -0.25) is 0 Å². The molecule has 0 aliphatic heterocycles. The van der Waals surface area contributed by atoms with Crippen molar-refractivity contribution in [1.82, 2.24) is 0 Å². The van der Waals surface area contributed by atoms with Crippen molar-refractivity contribution in [1.29, 1.82) is 0 Å². The molecule has 0 aliphatic carbocycles. The highest BCUT2D eigenvalue weighted by Gasteiger charge is 2.11. The van der Waals surface area contributed by atoms with E-state index in [1.165, 1.54) is 0 Å². The van der Waals surface area contributed by atoms with Crippen LogP contribution in [0.2, 0.25) is 0 Å². The topological polar surface area (TPSA) is 34.4 Å². The molecule has 1 heterocycles. The molecule has 78 valence electrons.